The molecule has 0 saturated carbocycles. The number of nitrogens with zero attached hydrogens (tertiary/aromatic N) is 2. The number of benzene rings is 1. The molecular weight excluding hydrogens is 266 g/mol. The van der Waals surface area contributed by atoms with Crippen molar-refractivity contribution >= 4 is 11.8 Å². The van der Waals surface area contributed by atoms with Crippen LogP contribution in [0.2, 0.25) is 0 Å². The van der Waals surface area contributed by atoms with E-state index in [1.54, 1.807) is 0 Å². The fraction of sp³-hybridized carbons (Fsp3) is 0.438. The van der Waals surface area contributed by atoms with Crippen molar-refractivity contribution in [1.29, 1.82) is 0 Å². The zero-order chi connectivity index (χ0) is 14.4. The van der Waals surface area contributed by atoms with Crippen LogP contribution < -0.4 is 5.32 Å². The molecule has 1 aromatic heterocycles. The largest absolute Gasteiger partial charge is 0.335 e. The van der Waals surface area contributed by atoms with E-state index in [-0.39, 0.29) is 0 Å². The molecule has 0 radical (unpaired) electrons. The molecular formula is C16H23N3S. The van der Waals surface area contributed by atoms with E-state index in [9.17, 15) is 0 Å². The molecule has 0 spiro atoms. The zero-order valence-electron chi connectivity index (χ0n) is 12.5. The second-order valence-electron chi connectivity index (χ2n) is 4.77. The molecule has 1 N–H and O–H groups in total. The number of aromatic nitrogens is 2. The molecule has 108 valence electrons. The van der Waals surface area contributed by atoms with E-state index < -0.39 is 0 Å². The number of aryl methyl sites for hydroxylation is 1. The van der Waals surface area contributed by atoms with Gasteiger partial charge in [0.25, 0.3) is 0 Å². The molecule has 0 aliphatic heterocycles. The van der Waals surface area contributed by atoms with Gasteiger partial charge in [-0.1, -0.05) is 19.1 Å². The van der Waals surface area contributed by atoms with E-state index in [1.807, 2.05) is 24.2 Å². The Balaban J connectivity index is 1.94. The summed E-state index contributed by atoms with van der Waals surface area (Å²) in [5.41, 5.74) is 1.34. The van der Waals surface area contributed by atoms with Crippen LogP contribution in [-0.2, 0) is 12.3 Å². The van der Waals surface area contributed by atoms with Crippen LogP contribution in [0, 0.1) is 0 Å². The van der Waals surface area contributed by atoms with Gasteiger partial charge in [-0.25, -0.2) is 4.98 Å². The summed E-state index contributed by atoms with van der Waals surface area (Å²) in [5.74, 6) is 2.06. The number of thioether (sulfide) groups is 1. The monoisotopic (exact) mass is 289 g/mol. The molecule has 20 heavy (non-hydrogen) atoms. The van der Waals surface area contributed by atoms with Crippen molar-refractivity contribution in [2.45, 2.75) is 44.0 Å². The van der Waals surface area contributed by atoms with Crippen LogP contribution in [0.5, 0.6) is 0 Å². The van der Waals surface area contributed by atoms with Crippen LogP contribution in [0.15, 0.2) is 41.6 Å². The lowest BCUT2D eigenvalue weighted by molar-refractivity contribution is 0.598. The minimum atomic E-state index is 0.415. The van der Waals surface area contributed by atoms with E-state index >= 15 is 0 Å². The smallest absolute Gasteiger partial charge is 0.119 e. The van der Waals surface area contributed by atoms with Gasteiger partial charge in [-0.05, 0) is 38.1 Å². The lowest BCUT2D eigenvalue weighted by atomic mass is 10.1. The molecule has 0 bridgehead atoms. The number of hydrogen-bond acceptors (Lipinski definition) is 3. The van der Waals surface area contributed by atoms with Crippen molar-refractivity contribution in [3.63, 3.8) is 0 Å². The van der Waals surface area contributed by atoms with Crippen LogP contribution in [0.1, 0.15) is 38.2 Å². The normalized spacial score (nSPS) is 12.6. The van der Waals surface area contributed by atoms with Gasteiger partial charge in [-0.15, -0.1) is 11.8 Å². The Hall–Kier alpha value is -1.26. The molecule has 0 aliphatic carbocycles. The molecule has 4 heteroatoms. The van der Waals surface area contributed by atoms with Crippen LogP contribution >= 0.6 is 11.8 Å². The third-order valence-corrected chi connectivity index (χ3v) is 4.41. The molecule has 1 unspecified atom stereocenters. The van der Waals surface area contributed by atoms with E-state index in [0.717, 1.165) is 24.7 Å². The van der Waals surface area contributed by atoms with Gasteiger partial charge in [0.1, 0.15) is 5.82 Å². The summed E-state index contributed by atoms with van der Waals surface area (Å²) in [6.07, 6.45) is 3.91. The van der Waals surface area contributed by atoms with E-state index in [1.165, 1.54) is 10.5 Å². The summed E-state index contributed by atoms with van der Waals surface area (Å²) in [4.78, 5) is 5.70. The summed E-state index contributed by atoms with van der Waals surface area (Å²) in [6, 6.07) is 9.24. The molecule has 0 aliphatic rings. The van der Waals surface area contributed by atoms with Crippen molar-refractivity contribution in [2.24, 2.45) is 0 Å². The minimum absolute atomic E-state index is 0.415. The van der Waals surface area contributed by atoms with Crippen LogP contribution in [0.3, 0.4) is 0 Å². The first-order chi connectivity index (χ1) is 9.74. The molecule has 0 fully saturated rings. The lowest BCUT2D eigenvalue weighted by Gasteiger charge is -2.13. The first-order valence-electron chi connectivity index (χ1n) is 7.20. The van der Waals surface area contributed by atoms with E-state index in [0.29, 0.717) is 6.04 Å². The minimum Gasteiger partial charge on any atom is -0.335 e. The fourth-order valence-electron chi connectivity index (χ4n) is 2.19. The van der Waals surface area contributed by atoms with Crippen molar-refractivity contribution in [2.75, 3.05) is 6.54 Å². The third-order valence-electron chi connectivity index (χ3n) is 3.40. The number of imidazole rings is 1. The Morgan fingerprint density at radius 1 is 1.25 bits per heavy atom. The van der Waals surface area contributed by atoms with E-state index in [4.69, 9.17) is 0 Å². The zero-order valence-corrected chi connectivity index (χ0v) is 13.3. The average molecular weight is 289 g/mol. The van der Waals surface area contributed by atoms with Crippen molar-refractivity contribution in [3.05, 3.63) is 48.0 Å². The highest BCUT2D eigenvalue weighted by atomic mass is 32.2. The predicted octanol–water partition coefficient (Wildman–Crippen LogP) is 3.87. The Kier molecular flexibility index (Phi) is 5.68. The van der Waals surface area contributed by atoms with Gasteiger partial charge >= 0.3 is 0 Å². The summed E-state index contributed by atoms with van der Waals surface area (Å²) in [7, 11) is 0. The van der Waals surface area contributed by atoms with Gasteiger partial charge in [0, 0.05) is 29.9 Å². The lowest BCUT2D eigenvalue weighted by Crippen LogP contribution is -2.17. The maximum absolute atomic E-state index is 4.40. The molecule has 1 heterocycles. The van der Waals surface area contributed by atoms with Gasteiger partial charge < -0.3 is 9.88 Å². The summed E-state index contributed by atoms with van der Waals surface area (Å²) >= 11 is 1.84. The summed E-state index contributed by atoms with van der Waals surface area (Å²) < 4.78 is 2.19. The first kappa shape index (κ1) is 15.1. The second-order valence-corrected chi connectivity index (χ2v) is 5.82. The van der Waals surface area contributed by atoms with Gasteiger partial charge in [-0.2, -0.15) is 0 Å². The quantitative estimate of drug-likeness (QED) is 0.785. The average Bonchev–Trinajstić information content (AvgIpc) is 2.93. The fourth-order valence-corrected chi connectivity index (χ4v) is 3.06. The molecule has 2 rings (SSSR count). The molecule has 2 aromatic rings. The van der Waals surface area contributed by atoms with Crippen LogP contribution in [0.4, 0.5) is 0 Å². The summed E-state index contributed by atoms with van der Waals surface area (Å²) in [5, 5.41) is 3.43. The van der Waals surface area contributed by atoms with Crippen molar-refractivity contribution in [1.82, 2.24) is 14.9 Å². The highest BCUT2D eigenvalue weighted by molar-refractivity contribution is 7.98. The highest BCUT2D eigenvalue weighted by Crippen LogP contribution is 2.24. The molecule has 0 saturated heterocycles. The van der Waals surface area contributed by atoms with Gasteiger partial charge in [-0.3, -0.25) is 0 Å². The highest BCUT2D eigenvalue weighted by Gasteiger charge is 2.05. The number of nitrogens with one attached hydrogen (secondary N) is 1. The van der Waals surface area contributed by atoms with E-state index in [2.05, 4.69) is 59.9 Å². The van der Waals surface area contributed by atoms with Crippen molar-refractivity contribution in [3.8, 4) is 0 Å². The second kappa shape index (κ2) is 7.50. The van der Waals surface area contributed by atoms with Crippen LogP contribution in [-0.4, -0.2) is 16.1 Å². The maximum atomic E-state index is 4.40. The van der Waals surface area contributed by atoms with Gasteiger partial charge in [0.2, 0.25) is 0 Å². The van der Waals surface area contributed by atoms with Gasteiger partial charge in [0.05, 0.1) is 5.75 Å². The van der Waals surface area contributed by atoms with Crippen molar-refractivity contribution < 1.29 is 0 Å². The summed E-state index contributed by atoms with van der Waals surface area (Å²) in [6.45, 7) is 8.46. The van der Waals surface area contributed by atoms with Crippen LogP contribution in [0.25, 0.3) is 0 Å². The molecule has 0 amide bonds. The molecule has 1 aromatic carbocycles. The molecule has 3 nitrogen and oxygen atoms in total. The SMILES string of the molecule is CCNC(C)c1ccc(SCc2nccn2CC)cc1. The Morgan fingerprint density at radius 3 is 2.65 bits per heavy atom. The number of hydrogen-bond donors (Lipinski definition) is 1. The third kappa shape index (κ3) is 3.87. The predicted molar refractivity (Wildman–Crippen MR) is 86.0 cm³/mol. The molecule has 1 atom stereocenters. The number of rotatable bonds is 7. The standard InChI is InChI=1S/C16H23N3S/c1-4-17-13(3)14-6-8-15(9-7-14)20-12-16-18-10-11-19(16)5-2/h6-11,13,17H,4-5,12H2,1-3H3. The maximum Gasteiger partial charge on any atom is 0.119 e. The Morgan fingerprint density at radius 2 is 2.00 bits per heavy atom. The Bertz CT molecular complexity index is 519. The topological polar surface area (TPSA) is 29.9 Å². The Labute approximate surface area is 125 Å². The first-order valence-corrected chi connectivity index (χ1v) is 8.19. The van der Waals surface area contributed by atoms with Gasteiger partial charge in [0.15, 0.2) is 0 Å².